The highest BCUT2D eigenvalue weighted by molar-refractivity contribution is 9.11. The molecule has 0 bridgehead atoms. The van der Waals surface area contributed by atoms with Crippen LogP contribution in [0.1, 0.15) is 5.56 Å². The van der Waals surface area contributed by atoms with E-state index in [0.717, 1.165) is 9.35 Å². The van der Waals surface area contributed by atoms with Gasteiger partial charge in [-0.2, -0.15) is 0 Å². The molecule has 0 fully saturated rings. The maximum atomic E-state index is 6.77. The lowest BCUT2D eigenvalue weighted by molar-refractivity contribution is 0.362. The summed E-state index contributed by atoms with van der Waals surface area (Å²) in [5, 5.41) is 2.00. The Bertz CT molecular complexity index is 205. The molecule has 0 saturated carbocycles. The molecule has 0 radical (unpaired) electrons. The summed E-state index contributed by atoms with van der Waals surface area (Å²) in [5.41, 5.74) is 1.13. The van der Waals surface area contributed by atoms with Gasteiger partial charge in [-0.3, -0.25) is 0 Å². The molecule has 1 unspecified atom stereocenters. The van der Waals surface area contributed by atoms with E-state index in [2.05, 4.69) is 15.9 Å². The zero-order valence-electron chi connectivity index (χ0n) is 5.56. The average molecular weight is 227 g/mol. The lowest BCUT2D eigenvalue weighted by atomic mass is 10.4. The first-order valence-electron chi connectivity index (χ1n) is 2.85. The van der Waals surface area contributed by atoms with Crippen LogP contribution in [0.15, 0.2) is 15.2 Å². The predicted octanol–water partition coefficient (Wildman–Crippen LogP) is 2.82. The number of rotatable bonds is 3. The van der Waals surface area contributed by atoms with Crippen LogP contribution in [0.5, 0.6) is 0 Å². The summed E-state index contributed by atoms with van der Waals surface area (Å²) >= 11 is 5.01. The quantitative estimate of drug-likeness (QED) is 0.721. The lowest BCUT2D eigenvalue weighted by Crippen LogP contribution is -1.77. The van der Waals surface area contributed by atoms with Crippen LogP contribution < -0.4 is 0 Å². The van der Waals surface area contributed by atoms with Crippen molar-refractivity contribution in [2.24, 2.45) is 0 Å². The van der Waals surface area contributed by atoms with Gasteiger partial charge in [-0.1, -0.05) is 0 Å². The van der Waals surface area contributed by atoms with Crippen molar-refractivity contribution in [2.45, 2.75) is 6.61 Å². The van der Waals surface area contributed by atoms with Gasteiger partial charge in [0.1, 0.15) is 0 Å². The smallest absolute Gasteiger partial charge is 0.0851 e. The van der Waals surface area contributed by atoms with Crippen LogP contribution in [0.25, 0.3) is 0 Å². The van der Waals surface area contributed by atoms with Crippen LogP contribution in [0, 0.1) is 0 Å². The van der Waals surface area contributed by atoms with Crippen LogP contribution in [0.2, 0.25) is 0 Å². The minimum atomic E-state index is -0.174. The van der Waals surface area contributed by atoms with Gasteiger partial charge in [0, 0.05) is 15.0 Å². The second kappa shape index (κ2) is 3.67. The maximum Gasteiger partial charge on any atom is 0.0851 e. The van der Waals surface area contributed by atoms with Crippen molar-refractivity contribution < 1.29 is 4.52 Å². The Labute approximate surface area is 70.1 Å². The molecular weight excluding hydrogens is 219 g/mol. The molecule has 0 aromatic carbocycles. The van der Waals surface area contributed by atoms with E-state index in [0.29, 0.717) is 6.61 Å². The molecule has 1 aromatic heterocycles. The average Bonchev–Trinajstić information content (AvgIpc) is 2.31. The highest BCUT2D eigenvalue weighted by Crippen LogP contribution is 2.24. The van der Waals surface area contributed by atoms with Crippen molar-refractivity contribution in [1.29, 1.82) is 1.28 Å². The summed E-state index contributed by atoms with van der Waals surface area (Å²) < 4.78 is 12.8. The lowest BCUT2D eigenvalue weighted by Gasteiger charge is -1.92. The van der Waals surface area contributed by atoms with Gasteiger partial charge in [0.15, 0.2) is 0 Å². The first-order valence-corrected chi connectivity index (χ1v) is 4.43. The molecule has 4 heteroatoms. The number of hydrogen-bond donors (Lipinski definition) is 0. The summed E-state index contributed by atoms with van der Waals surface area (Å²) in [4.78, 5) is 0. The van der Waals surface area contributed by atoms with E-state index in [1.165, 1.54) is 0 Å². The van der Waals surface area contributed by atoms with Crippen molar-refractivity contribution in [1.82, 2.24) is 0 Å². The Hall–Kier alpha value is 0.570. The SMILES string of the molecule is [3H]POCc1ccsc1Br. The molecule has 0 aliphatic heterocycles. The van der Waals surface area contributed by atoms with Crippen molar-refractivity contribution in [3.63, 3.8) is 0 Å². The number of thiophene rings is 1. The van der Waals surface area contributed by atoms with E-state index in [1.807, 2.05) is 11.4 Å². The van der Waals surface area contributed by atoms with Gasteiger partial charge in [-0.05, 0) is 27.4 Å². The normalized spacial score (nSPS) is 12.8. The van der Waals surface area contributed by atoms with Gasteiger partial charge in [0.25, 0.3) is 0 Å². The minimum absolute atomic E-state index is 0.174. The predicted molar refractivity (Wildman–Crippen MR) is 46.5 cm³/mol. The molecule has 1 aromatic rings. The van der Waals surface area contributed by atoms with Gasteiger partial charge in [-0.15, -0.1) is 11.3 Å². The topological polar surface area (TPSA) is 9.23 Å². The molecular formula is C5H6BrOPS. The summed E-state index contributed by atoms with van der Waals surface area (Å²) in [6.45, 7) is 0.548. The fourth-order valence-corrected chi connectivity index (χ4v) is 1.86. The van der Waals surface area contributed by atoms with E-state index in [9.17, 15) is 0 Å². The first-order chi connectivity index (χ1) is 4.84. The molecule has 0 saturated heterocycles. The highest BCUT2D eigenvalue weighted by atomic mass is 79.9. The second-order valence-corrected chi connectivity index (χ2v) is 4.03. The van der Waals surface area contributed by atoms with Gasteiger partial charge in [0.2, 0.25) is 0 Å². The minimum Gasteiger partial charge on any atom is -0.361 e. The molecule has 1 heterocycles. The molecule has 0 aliphatic carbocycles. The molecule has 0 N–H and O–H groups in total. The summed E-state index contributed by atoms with van der Waals surface area (Å²) in [5.74, 6) is 0. The Morgan fingerprint density at radius 2 is 2.89 bits per heavy atom. The highest BCUT2D eigenvalue weighted by Gasteiger charge is 1.97. The monoisotopic (exact) mass is 226 g/mol. The third-order valence-corrected chi connectivity index (χ3v) is 2.88. The standard InChI is InChI=1S/C5H6BrOPS/c6-5-4(3-7-8)1-2-9-5/h1-2H,3,8H2/i8T. The zero-order chi connectivity index (χ0) is 7.40. The largest absolute Gasteiger partial charge is 0.361 e. The number of hydrogen-bond acceptors (Lipinski definition) is 2. The molecule has 9 heavy (non-hydrogen) atoms. The van der Waals surface area contributed by atoms with Crippen LogP contribution >= 0.6 is 36.7 Å². The van der Waals surface area contributed by atoms with E-state index >= 15 is 0 Å². The summed E-state index contributed by atoms with van der Waals surface area (Å²) in [6, 6.07) is 1.99. The van der Waals surface area contributed by atoms with Crippen LogP contribution in [0.3, 0.4) is 0 Å². The third kappa shape index (κ3) is 2.01. The molecule has 1 nitrogen and oxygen atoms in total. The van der Waals surface area contributed by atoms with Gasteiger partial charge < -0.3 is 4.52 Å². The molecule has 1 rings (SSSR count). The van der Waals surface area contributed by atoms with Crippen molar-refractivity contribution in [3.05, 3.63) is 20.8 Å². The van der Waals surface area contributed by atoms with E-state index in [1.54, 1.807) is 11.3 Å². The van der Waals surface area contributed by atoms with Gasteiger partial charge in [0.05, 0.1) is 11.7 Å². The Balaban J connectivity index is 2.49. The Morgan fingerprint density at radius 1 is 2.00 bits per heavy atom. The van der Waals surface area contributed by atoms with Crippen LogP contribution in [-0.2, 0) is 11.1 Å². The van der Waals surface area contributed by atoms with E-state index in [4.69, 9.17) is 5.80 Å². The molecule has 1 atom stereocenters. The molecule has 0 aliphatic rings. The third-order valence-electron chi connectivity index (χ3n) is 0.921. The molecule has 0 spiro atoms. The van der Waals surface area contributed by atoms with E-state index < -0.39 is 0 Å². The number of halogens is 1. The first kappa shape index (κ1) is 6.29. The molecule has 50 valence electrons. The van der Waals surface area contributed by atoms with Crippen molar-refractivity contribution in [2.75, 3.05) is 0 Å². The summed E-state index contributed by atoms with van der Waals surface area (Å²) in [6.07, 6.45) is 0. The van der Waals surface area contributed by atoms with Crippen LogP contribution in [-0.4, -0.2) is 1.28 Å². The summed E-state index contributed by atoms with van der Waals surface area (Å²) in [7, 11) is -0.174. The fourth-order valence-electron chi connectivity index (χ4n) is 0.500. The fraction of sp³-hybridized carbons (Fsp3) is 0.200. The zero-order valence-corrected chi connectivity index (χ0v) is 7.96. The second-order valence-electron chi connectivity index (χ2n) is 1.51. The maximum absolute atomic E-state index is 6.77. The van der Waals surface area contributed by atoms with Gasteiger partial charge in [-0.25, -0.2) is 0 Å². The van der Waals surface area contributed by atoms with Crippen LogP contribution in [0.4, 0.5) is 0 Å². The van der Waals surface area contributed by atoms with Gasteiger partial charge >= 0.3 is 0 Å². The van der Waals surface area contributed by atoms with Crippen molar-refractivity contribution in [3.8, 4) is 0 Å². The van der Waals surface area contributed by atoms with Crippen molar-refractivity contribution >= 4 is 36.7 Å². The molecule has 0 amide bonds. The Morgan fingerprint density at radius 3 is 3.44 bits per heavy atom. The van der Waals surface area contributed by atoms with E-state index in [-0.39, 0.29) is 9.41 Å². The Kier molecular flexibility index (Phi) is 2.56.